The Morgan fingerprint density at radius 1 is 1.30 bits per heavy atom. The van der Waals surface area contributed by atoms with Crippen molar-refractivity contribution < 1.29 is 22.7 Å². The van der Waals surface area contributed by atoms with Crippen molar-refractivity contribution in [2.75, 3.05) is 0 Å². The smallest absolute Gasteiger partial charge is 0.433 e. The first-order chi connectivity index (χ1) is 8.97. The maximum Gasteiger partial charge on any atom is 0.433 e. The van der Waals surface area contributed by atoms with Crippen LogP contribution in [0.4, 0.5) is 18.0 Å². The number of hydrogen-bond acceptors (Lipinski definition) is 3. The number of nitrogens with zero attached hydrogens (tertiary/aromatic N) is 1. The van der Waals surface area contributed by atoms with Crippen molar-refractivity contribution in [2.45, 2.75) is 46.0 Å². The summed E-state index contributed by atoms with van der Waals surface area (Å²) in [6.45, 7) is 6.51. The second-order valence-corrected chi connectivity index (χ2v) is 5.36. The number of hydrogen-bond donors (Lipinski definition) is 1. The van der Waals surface area contributed by atoms with E-state index in [0.29, 0.717) is 5.56 Å². The number of aryl methyl sites for hydroxylation is 1. The number of pyridine rings is 1. The van der Waals surface area contributed by atoms with E-state index in [9.17, 15) is 18.0 Å². The quantitative estimate of drug-likeness (QED) is 0.907. The van der Waals surface area contributed by atoms with Crippen molar-refractivity contribution >= 4 is 6.09 Å². The van der Waals surface area contributed by atoms with Crippen LogP contribution in [0.2, 0.25) is 0 Å². The lowest BCUT2D eigenvalue weighted by Crippen LogP contribution is -2.32. The number of amides is 1. The number of nitrogens with one attached hydrogen (secondary N) is 1. The summed E-state index contributed by atoms with van der Waals surface area (Å²) < 4.78 is 42.8. The van der Waals surface area contributed by atoms with Crippen LogP contribution in [-0.4, -0.2) is 16.7 Å². The molecule has 4 nitrogen and oxygen atoms in total. The van der Waals surface area contributed by atoms with Crippen molar-refractivity contribution in [1.82, 2.24) is 10.3 Å². The summed E-state index contributed by atoms with van der Waals surface area (Å²) in [6.07, 6.45) is -5.19. The van der Waals surface area contributed by atoms with Gasteiger partial charge in [0.15, 0.2) is 0 Å². The summed E-state index contributed by atoms with van der Waals surface area (Å²) in [5, 5.41) is 2.41. The molecule has 0 fully saturated rings. The molecule has 112 valence electrons. The second-order valence-electron chi connectivity index (χ2n) is 5.36. The van der Waals surface area contributed by atoms with E-state index < -0.39 is 23.6 Å². The molecule has 0 unspecified atom stereocenters. The molecule has 1 aromatic rings. The summed E-state index contributed by atoms with van der Waals surface area (Å²) in [6, 6.07) is 2.39. The normalized spacial score (nSPS) is 12.2. The van der Waals surface area contributed by atoms with E-state index in [4.69, 9.17) is 4.74 Å². The van der Waals surface area contributed by atoms with Gasteiger partial charge in [0.2, 0.25) is 0 Å². The van der Waals surface area contributed by atoms with Crippen molar-refractivity contribution in [3.63, 3.8) is 0 Å². The Morgan fingerprint density at radius 2 is 1.90 bits per heavy atom. The van der Waals surface area contributed by atoms with Crippen LogP contribution in [0, 0.1) is 6.92 Å². The van der Waals surface area contributed by atoms with Crippen LogP contribution < -0.4 is 5.32 Å². The maximum absolute atomic E-state index is 12.6. The van der Waals surface area contributed by atoms with Gasteiger partial charge in [-0.25, -0.2) is 9.78 Å². The predicted octanol–water partition coefficient (Wildman–Crippen LogP) is 3.43. The van der Waals surface area contributed by atoms with Crippen LogP contribution in [0.25, 0.3) is 0 Å². The SMILES string of the molecule is Cc1cc(CNC(=O)OC(C)(C)C)cc(C(F)(F)F)n1. The van der Waals surface area contributed by atoms with Crippen molar-refractivity contribution in [3.8, 4) is 0 Å². The third kappa shape index (κ3) is 5.46. The van der Waals surface area contributed by atoms with Gasteiger partial charge < -0.3 is 10.1 Å². The molecule has 0 saturated heterocycles. The largest absolute Gasteiger partial charge is 0.444 e. The fourth-order valence-electron chi connectivity index (χ4n) is 1.48. The molecule has 1 amide bonds. The number of alkyl carbamates (subject to hydrolysis) is 1. The number of ether oxygens (including phenoxy) is 1. The Morgan fingerprint density at radius 3 is 2.40 bits per heavy atom. The Hall–Kier alpha value is -1.79. The van der Waals surface area contributed by atoms with E-state index in [1.807, 2.05) is 0 Å². The molecule has 1 N–H and O–H groups in total. The molecule has 0 aliphatic heterocycles. The Labute approximate surface area is 115 Å². The van der Waals surface area contributed by atoms with E-state index in [1.54, 1.807) is 20.8 Å². The Kier molecular flexibility index (Phi) is 4.62. The highest BCUT2D eigenvalue weighted by Gasteiger charge is 2.32. The van der Waals surface area contributed by atoms with Gasteiger partial charge in [-0.3, -0.25) is 0 Å². The van der Waals surface area contributed by atoms with Gasteiger partial charge in [-0.1, -0.05) is 0 Å². The minimum Gasteiger partial charge on any atom is -0.444 e. The van der Waals surface area contributed by atoms with Crippen molar-refractivity contribution in [2.24, 2.45) is 0 Å². The van der Waals surface area contributed by atoms with Gasteiger partial charge in [0.1, 0.15) is 11.3 Å². The minimum atomic E-state index is -4.51. The standard InChI is InChI=1S/C13H17F3N2O2/c1-8-5-9(6-10(18-8)13(14,15)16)7-17-11(19)20-12(2,3)4/h5-6H,7H2,1-4H3,(H,17,19). The van der Waals surface area contributed by atoms with Crippen molar-refractivity contribution in [3.05, 3.63) is 29.1 Å². The fourth-order valence-corrected chi connectivity index (χ4v) is 1.48. The summed E-state index contributed by atoms with van der Waals surface area (Å²) >= 11 is 0. The molecule has 0 aliphatic rings. The number of halogens is 3. The Balaban J connectivity index is 2.74. The third-order valence-corrected chi connectivity index (χ3v) is 2.14. The van der Waals surface area contributed by atoms with Gasteiger partial charge in [0.25, 0.3) is 0 Å². The number of aromatic nitrogens is 1. The average Bonchev–Trinajstić information content (AvgIpc) is 2.22. The predicted molar refractivity (Wildman–Crippen MR) is 67.0 cm³/mol. The molecule has 1 aromatic heterocycles. The van der Waals surface area contributed by atoms with E-state index in [1.165, 1.54) is 13.0 Å². The van der Waals surface area contributed by atoms with Crippen LogP contribution in [-0.2, 0) is 17.5 Å². The second kappa shape index (κ2) is 5.68. The lowest BCUT2D eigenvalue weighted by Gasteiger charge is -2.19. The highest BCUT2D eigenvalue weighted by Crippen LogP contribution is 2.28. The molecule has 0 atom stereocenters. The Bertz CT molecular complexity index is 493. The molecule has 0 spiro atoms. The molecule has 0 aromatic carbocycles. The van der Waals surface area contributed by atoms with Crippen LogP contribution in [0.15, 0.2) is 12.1 Å². The summed E-state index contributed by atoms with van der Waals surface area (Å²) in [7, 11) is 0. The van der Waals surface area contributed by atoms with E-state index >= 15 is 0 Å². The van der Waals surface area contributed by atoms with Crippen LogP contribution >= 0.6 is 0 Å². The topological polar surface area (TPSA) is 51.2 Å². The van der Waals surface area contributed by atoms with Crippen LogP contribution in [0.3, 0.4) is 0 Å². The van der Waals surface area contributed by atoms with E-state index in [2.05, 4.69) is 10.3 Å². The molecule has 0 bridgehead atoms. The third-order valence-electron chi connectivity index (χ3n) is 2.14. The zero-order chi connectivity index (χ0) is 15.6. The first kappa shape index (κ1) is 16.3. The van der Waals surface area contributed by atoms with Gasteiger partial charge >= 0.3 is 12.3 Å². The average molecular weight is 290 g/mol. The molecular weight excluding hydrogens is 273 g/mol. The zero-order valence-corrected chi connectivity index (χ0v) is 11.8. The van der Waals surface area contributed by atoms with Crippen molar-refractivity contribution in [1.29, 1.82) is 0 Å². The molecular formula is C13H17F3N2O2. The minimum absolute atomic E-state index is 0.0542. The summed E-state index contributed by atoms with van der Waals surface area (Å²) in [4.78, 5) is 14.9. The number of carbonyl (C=O) groups excluding carboxylic acids is 1. The number of rotatable bonds is 2. The molecule has 1 heterocycles. The van der Waals surface area contributed by atoms with E-state index in [0.717, 1.165) is 6.07 Å². The first-order valence-electron chi connectivity index (χ1n) is 5.99. The summed E-state index contributed by atoms with van der Waals surface area (Å²) in [5.74, 6) is 0. The molecule has 0 saturated carbocycles. The van der Waals surface area contributed by atoms with Gasteiger partial charge in [0, 0.05) is 12.2 Å². The molecule has 7 heteroatoms. The number of alkyl halides is 3. The highest BCUT2D eigenvalue weighted by molar-refractivity contribution is 5.67. The van der Waals surface area contributed by atoms with Gasteiger partial charge in [-0.15, -0.1) is 0 Å². The highest BCUT2D eigenvalue weighted by atomic mass is 19.4. The summed E-state index contributed by atoms with van der Waals surface area (Å²) in [5.41, 5.74) is -1.08. The molecule has 0 radical (unpaired) electrons. The van der Waals surface area contributed by atoms with Gasteiger partial charge in [-0.2, -0.15) is 13.2 Å². The molecule has 20 heavy (non-hydrogen) atoms. The molecule has 0 aliphatic carbocycles. The van der Waals surface area contributed by atoms with Crippen LogP contribution in [0.5, 0.6) is 0 Å². The van der Waals surface area contributed by atoms with Crippen LogP contribution in [0.1, 0.15) is 37.7 Å². The van der Waals surface area contributed by atoms with Gasteiger partial charge in [-0.05, 0) is 45.4 Å². The number of carbonyl (C=O) groups is 1. The monoisotopic (exact) mass is 290 g/mol. The molecule has 1 rings (SSSR count). The fraction of sp³-hybridized carbons (Fsp3) is 0.538. The first-order valence-corrected chi connectivity index (χ1v) is 5.99. The van der Waals surface area contributed by atoms with Gasteiger partial charge in [0.05, 0.1) is 0 Å². The van der Waals surface area contributed by atoms with E-state index in [-0.39, 0.29) is 12.2 Å². The zero-order valence-electron chi connectivity index (χ0n) is 11.8. The lowest BCUT2D eigenvalue weighted by atomic mass is 10.2. The maximum atomic E-state index is 12.6. The lowest BCUT2D eigenvalue weighted by molar-refractivity contribution is -0.141.